The molecule has 2 heterocycles. The third-order valence-corrected chi connectivity index (χ3v) is 5.03. The van der Waals surface area contributed by atoms with Crippen LogP contribution in [0.15, 0.2) is 54.2 Å². The van der Waals surface area contributed by atoms with Gasteiger partial charge in [0.25, 0.3) is 0 Å². The second-order valence-corrected chi connectivity index (χ2v) is 7.13. The molecular formula is C20H18N4OS. The summed E-state index contributed by atoms with van der Waals surface area (Å²) >= 11 is 1.51. The smallest absolute Gasteiger partial charge is 0.244 e. The van der Waals surface area contributed by atoms with Gasteiger partial charge in [-0.25, -0.2) is 4.98 Å². The first-order valence-electron chi connectivity index (χ1n) is 8.33. The van der Waals surface area contributed by atoms with Gasteiger partial charge in [-0.3, -0.25) is 9.78 Å². The van der Waals surface area contributed by atoms with Crippen molar-refractivity contribution in [3.05, 3.63) is 65.3 Å². The second-order valence-electron chi connectivity index (χ2n) is 6.24. The maximum Gasteiger partial charge on any atom is 0.244 e. The number of para-hydroxylation sites is 2. The molecule has 0 aliphatic carbocycles. The van der Waals surface area contributed by atoms with E-state index in [1.807, 2.05) is 54.8 Å². The monoisotopic (exact) mass is 362 g/mol. The van der Waals surface area contributed by atoms with Crippen LogP contribution in [0.2, 0.25) is 0 Å². The summed E-state index contributed by atoms with van der Waals surface area (Å²) in [5, 5.41) is 3.01. The molecule has 4 rings (SSSR count). The highest BCUT2D eigenvalue weighted by Crippen LogP contribution is 2.27. The van der Waals surface area contributed by atoms with Crippen LogP contribution in [-0.4, -0.2) is 20.4 Å². The van der Waals surface area contributed by atoms with Crippen molar-refractivity contribution in [3.63, 3.8) is 0 Å². The minimum absolute atomic E-state index is 0.0779. The highest BCUT2D eigenvalue weighted by atomic mass is 32.1. The lowest BCUT2D eigenvalue weighted by atomic mass is 10.1. The molecular weight excluding hydrogens is 344 g/mol. The standard InChI is InChI=1S/C20H18N4OS/c1-13-7-8-15(14(2)9-13)22-19(25)11-24-17-6-4-3-5-16(17)23-20(24)18-10-21-12-26-18/h3-10,12H,11H2,1-2H3,(H,22,25). The van der Waals surface area contributed by atoms with Crippen molar-refractivity contribution < 1.29 is 4.79 Å². The number of anilines is 1. The van der Waals surface area contributed by atoms with E-state index in [4.69, 9.17) is 4.98 Å². The molecule has 6 heteroatoms. The minimum Gasteiger partial charge on any atom is -0.324 e. The maximum absolute atomic E-state index is 12.7. The van der Waals surface area contributed by atoms with Crippen molar-refractivity contribution in [3.8, 4) is 10.7 Å². The summed E-state index contributed by atoms with van der Waals surface area (Å²) in [6.45, 7) is 4.23. The molecule has 2 aromatic heterocycles. The van der Waals surface area contributed by atoms with E-state index in [9.17, 15) is 4.79 Å². The number of fused-ring (bicyclic) bond motifs is 1. The molecule has 26 heavy (non-hydrogen) atoms. The molecule has 0 bridgehead atoms. The number of amides is 1. The average Bonchev–Trinajstić information content (AvgIpc) is 3.26. The highest BCUT2D eigenvalue weighted by molar-refractivity contribution is 7.13. The van der Waals surface area contributed by atoms with E-state index in [2.05, 4.69) is 16.4 Å². The van der Waals surface area contributed by atoms with Gasteiger partial charge in [0.2, 0.25) is 5.91 Å². The molecule has 0 fully saturated rings. The second kappa shape index (κ2) is 6.72. The Bertz CT molecular complexity index is 1080. The Kier molecular flexibility index (Phi) is 4.26. The van der Waals surface area contributed by atoms with E-state index in [1.165, 1.54) is 16.9 Å². The van der Waals surface area contributed by atoms with Crippen LogP contribution in [0.5, 0.6) is 0 Å². The Morgan fingerprint density at radius 2 is 2.04 bits per heavy atom. The van der Waals surface area contributed by atoms with Gasteiger partial charge < -0.3 is 9.88 Å². The van der Waals surface area contributed by atoms with E-state index < -0.39 is 0 Å². The summed E-state index contributed by atoms with van der Waals surface area (Å²) in [7, 11) is 0. The van der Waals surface area contributed by atoms with E-state index >= 15 is 0 Å². The molecule has 0 atom stereocenters. The van der Waals surface area contributed by atoms with Crippen LogP contribution in [0.4, 0.5) is 5.69 Å². The van der Waals surface area contributed by atoms with Gasteiger partial charge in [0.15, 0.2) is 5.82 Å². The van der Waals surface area contributed by atoms with E-state index in [0.29, 0.717) is 0 Å². The number of rotatable bonds is 4. The van der Waals surface area contributed by atoms with Gasteiger partial charge in [0.1, 0.15) is 6.54 Å². The first kappa shape index (κ1) is 16.5. The van der Waals surface area contributed by atoms with Gasteiger partial charge in [-0.15, -0.1) is 11.3 Å². The fourth-order valence-electron chi connectivity index (χ4n) is 3.04. The van der Waals surface area contributed by atoms with Crippen LogP contribution < -0.4 is 5.32 Å². The third kappa shape index (κ3) is 3.11. The maximum atomic E-state index is 12.7. The Morgan fingerprint density at radius 1 is 1.19 bits per heavy atom. The molecule has 0 saturated carbocycles. The number of hydrogen-bond donors (Lipinski definition) is 1. The molecule has 4 aromatic rings. The van der Waals surface area contributed by atoms with Crippen molar-refractivity contribution in [1.29, 1.82) is 0 Å². The first-order chi connectivity index (χ1) is 12.6. The van der Waals surface area contributed by atoms with Gasteiger partial charge in [-0.2, -0.15) is 0 Å². The van der Waals surface area contributed by atoms with Crippen molar-refractivity contribution in [1.82, 2.24) is 14.5 Å². The molecule has 0 spiro atoms. The number of benzene rings is 2. The summed E-state index contributed by atoms with van der Waals surface area (Å²) in [6.07, 6.45) is 1.78. The van der Waals surface area contributed by atoms with E-state index in [0.717, 1.165) is 33.0 Å². The number of aromatic nitrogens is 3. The van der Waals surface area contributed by atoms with E-state index in [-0.39, 0.29) is 12.5 Å². The quantitative estimate of drug-likeness (QED) is 0.585. The van der Waals surface area contributed by atoms with Crippen LogP contribution in [0.25, 0.3) is 21.7 Å². The van der Waals surface area contributed by atoms with Crippen LogP contribution in [0.1, 0.15) is 11.1 Å². The Balaban J connectivity index is 1.68. The molecule has 0 aliphatic rings. The number of thiazole rings is 1. The number of hydrogen-bond acceptors (Lipinski definition) is 4. The number of carbonyl (C=O) groups excluding carboxylic acids is 1. The molecule has 0 aliphatic heterocycles. The first-order valence-corrected chi connectivity index (χ1v) is 9.21. The zero-order chi connectivity index (χ0) is 18.1. The molecule has 1 amide bonds. The number of nitrogens with zero attached hydrogens (tertiary/aromatic N) is 3. The summed E-state index contributed by atoms with van der Waals surface area (Å²) in [6, 6.07) is 13.8. The van der Waals surface area contributed by atoms with Gasteiger partial charge >= 0.3 is 0 Å². The van der Waals surface area contributed by atoms with E-state index in [1.54, 1.807) is 11.7 Å². The Hall–Kier alpha value is -2.99. The van der Waals surface area contributed by atoms with Gasteiger partial charge in [0, 0.05) is 11.9 Å². The lowest BCUT2D eigenvalue weighted by Crippen LogP contribution is -2.19. The lowest BCUT2D eigenvalue weighted by Gasteiger charge is -2.11. The number of aryl methyl sites for hydroxylation is 2. The molecule has 1 N–H and O–H groups in total. The summed E-state index contributed by atoms with van der Waals surface area (Å²) in [5.74, 6) is 0.690. The van der Waals surface area contributed by atoms with Crippen molar-refractivity contribution in [2.75, 3.05) is 5.32 Å². The zero-order valence-electron chi connectivity index (χ0n) is 14.6. The van der Waals surface area contributed by atoms with Gasteiger partial charge in [0.05, 0.1) is 21.4 Å². The van der Waals surface area contributed by atoms with Crippen LogP contribution in [-0.2, 0) is 11.3 Å². The fraction of sp³-hybridized carbons (Fsp3) is 0.150. The summed E-state index contributed by atoms with van der Waals surface area (Å²) in [4.78, 5) is 22.5. The normalized spacial score (nSPS) is 11.0. The number of imidazole rings is 1. The van der Waals surface area contributed by atoms with Crippen molar-refractivity contribution in [2.45, 2.75) is 20.4 Å². The number of nitrogens with one attached hydrogen (secondary N) is 1. The zero-order valence-corrected chi connectivity index (χ0v) is 15.4. The number of carbonyl (C=O) groups is 1. The van der Waals surface area contributed by atoms with Crippen LogP contribution in [0.3, 0.4) is 0 Å². The predicted molar refractivity (Wildman–Crippen MR) is 105 cm³/mol. The molecule has 5 nitrogen and oxygen atoms in total. The SMILES string of the molecule is Cc1ccc(NC(=O)Cn2c(-c3cncs3)nc3ccccc32)c(C)c1. The highest BCUT2D eigenvalue weighted by Gasteiger charge is 2.16. The largest absolute Gasteiger partial charge is 0.324 e. The summed E-state index contributed by atoms with van der Waals surface area (Å²) in [5.41, 5.74) is 6.64. The molecule has 0 radical (unpaired) electrons. The Labute approximate surface area is 155 Å². The predicted octanol–water partition coefficient (Wildman–Crippen LogP) is 4.42. The van der Waals surface area contributed by atoms with Crippen LogP contribution >= 0.6 is 11.3 Å². The topological polar surface area (TPSA) is 59.8 Å². The molecule has 130 valence electrons. The molecule has 0 unspecified atom stereocenters. The minimum atomic E-state index is -0.0779. The van der Waals surface area contributed by atoms with Gasteiger partial charge in [-0.05, 0) is 37.6 Å². The van der Waals surface area contributed by atoms with Gasteiger partial charge in [-0.1, -0.05) is 29.8 Å². The third-order valence-electron chi connectivity index (χ3n) is 4.26. The summed E-state index contributed by atoms with van der Waals surface area (Å²) < 4.78 is 1.95. The molecule has 0 saturated heterocycles. The van der Waals surface area contributed by atoms with Crippen molar-refractivity contribution >= 4 is 34.0 Å². The lowest BCUT2D eigenvalue weighted by molar-refractivity contribution is -0.116. The molecule has 2 aromatic carbocycles. The fourth-order valence-corrected chi connectivity index (χ4v) is 3.66. The average molecular weight is 362 g/mol. The Morgan fingerprint density at radius 3 is 2.81 bits per heavy atom. The van der Waals surface area contributed by atoms with Crippen molar-refractivity contribution in [2.24, 2.45) is 0 Å². The van der Waals surface area contributed by atoms with Crippen LogP contribution in [0, 0.1) is 13.8 Å².